The van der Waals surface area contributed by atoms with Gasteiger partial charge in [-0.05, 0) is 54.5 Å². The van der Waals surface area contributed by atoms with Crippen LogP contribution in [0.5, 0.6) is 5.75 Å². The van der Waals surface area contributed by atoms with Crippen LogP contribution in [0.3, 0.4) is 0 Å². The topological polar surface area (TPSA) is 98.2 Å². The maximum Gasteiger partial charge on any atom is 0.252 e. The van der Waals surface area contributed by atoms with Crippen molar-refractivity contribution in [1.29, 1.82) is 0 Å². The first kappa shape index (κ1) is 23.1. The maximum atomic E-state index is 13.2. The Labute approximate surface area is 199 Å². The summed E-state index contributed by atoms with van der Waals surface area (Å²) in [6.07, 6.45) is 2.11. The monoisotopic (exact) mass is 511 g/mol. The number of thiophene rings is 1. The van der Waals surface area contributed by atoms with E-state index in [1.54, 1.807) is 34.0 Å². The Morgan fingerprint density at radius 1 is 1.06 bits per heavy atom. The van der Waals surface area contributed by atoms with Crippen LogP contribution in [0.25, 0.3) is 0 Å². The largest absolute Gasteiger partial charge is 0.508 e. The summed E-state index contributed by atoms with van der Waals surface area (Å²) in [5, 5.41) is 11.5. The standard InChI is InChI=1S/C22H29N3O5S3/c26-20-7-5-18(6-8-20)25-10-9-24(33(29,30)22-2-1-12-31-22)15-19(25)14-23-11-13-32(27,28)16-21(23)17-3-4-17/h1-2,5-8,12,17,19,21,26H,3-4,9-11,13-16H2/t19-,21+/m0/s1. The van der Waals surface area contributed by atoms with E-state index < -0.39 is 19.9 Å². The number of anilines is 1. The van der Waals surface area contributed by atoms with Crippen molar-refractivity contribution in [1.82, 2.24) is 9.21 Å². The fourth-order valence-electron chi connectivity index (χ4n) is 5.01. The number of sulfonamides is 1. The molecule has 1 saturated carbocycles. The molecule has 3 fully saturated rings. The fourth-order valence-corrected chi connectivity index (χ4v) is 9.30. The van der Waals surface area contributed by atoms with Crippen molar-refractivity contribution in [3.05, 3.63) is 41.8 Å². The van der Waals surface area contributed by atoms with E-state index in [2.05, 4.69) is 9.80 Å². The number of hydrogen-bond acceptors (Lipinski definition) is 8. The number of nitrogens with zero attached hydrogens (tertiary/aromatic N) is 3. The van der Waals surface area contributed by atoms with E-state index in [9.17, 15) is 21.9 Å². The molecule has 3 aliphatic rings. The average molecular weight is 512 g/mol. The summed E-state index contributed by atoms with van der Waals surface area (Å²) in [6, 6.07) is 10.3. The minimum Gasteiger partial charge on any atom is -0.508 e. The van der Waals surface area contributed by atoms with Crippen molar-refractivity contribution in [2.24, 2.45) is 5.92 Å². The molecule has 2 atom stereocenters. The predicted octanol–water partition coefficient (Wildman–Crippen LogP) is 1.84. The van der Waals surface area contributed by atoms with Crippen molar-refractivity contribution < 1.29 is 21.9 Å². The van der Waals surface area contributed by atoms with Gasteiger partial charge in [0, 0.05) is 44.5 Å². The Balaban J connectivity index is 1.42. The third kappa shape index (κ3) is 4.93. The van der Waals surface area contributed by atoms with Crippen LogP contribution in [-0.2, 0) is 19.9 Å². The molecule has 0 spiro atoms. The number of phenols is 1. The third-order valence-corrected chi connectivity index (χ3v) is 11.8. The molecule has 8 nitrogen and oxygen atoms in total. The number of phenolic OH excluding ortho intramolecular Hbond substituents is 1. The quantitative estimate of drug-likeness (QED) is 0.632. The molecular formula is C22H29N3O5S3. The summed E-state index contributed by atoms with van der Waals surface area (Å²) >= 11 is 1.22. The Hall–Kier alpha value is -1.66. The number of piperazine rings is 1. The first-order valence-electron chi connectivity index (χ1n) is 11.3. The van der Waals surface area contributed by atoms with Gasteiger partial charge >= 0.3 is 0 Å². The molecule has 0 amide bonds. The number of sulfone groups is 1. The van der Waals surface area contributed by atoms with E-state index in [-0.39, 0.29) is 29.3 Å². The normalized spacial score (nSPS) is 27.0. The molecular weight excluding hydrogens is 482 g/mol. The number of rotatable bonds is 6. The highest BCUT2D eigenvalue weighted by molar-refractivity contribution is 7.91. The lowest BCUT2D eigenvalue weighted by molar-refractivity contribution is 0.165. The molecule has 1 aromatic carbocycles. The molecule has 0 unspecified atom stereocenters. The molecule has 1 N–H and O–H groups in total. The van der Waals surface area contributed by atoms with E-state index in [1.165, 1.54) is 11.3 Å². The summed E-state index contributed by atoms with van der Waals surface area (Å²) in [5.41, 5.74) is 0.929. The van der Waals surface area contributed by atoms with Crippen molar-refractivity contribution >= 4 is 36.9 Å². The molecule has 0 bridgehead atoms. The summed E-state index contributed by atoms with van der Waals surface area (Å²) in [7, 11) is -6.60. The SMILES string of the molecule is O=S1(=O)CCN(C[C@H]2CN(S(=O)(=O)c3cccs3)CCN2c2ccc(O)cc2)[C@@H](C2CC2)C1. The van der Waals surface area contributed by atoms with Crippen LogP contribution in [0.4, 0.5) is 5.69 Å². The van der Waals surface area contributed by atoms with Crippen molar-refractivity contribution in [2.45, 2.75) is 29.1 Å². The minimum absolute atomic E-state index is 0.00898. The Morgan fingerprint density at radius 3 is 2.48 bits per heavy atom. The van der Waals surface area contributed by atoms with E-state index in [0.29, 0.717) is 42.9 Å². The van der Waals surface area contributed by atoms with Crippen molar-refractivity contribution in [2.75, 3.05) is 49.1 Å². The number of hydrogen-bond donors (Lipinski definition) is 1. The van der Waals surface area contributed by atoms with Crippen LogP contribution < -0.4 is 4.90 Å². The smallest absolute Gasteiger partial charge is 0.252 e. The van der Waals surface area contributed by atoms with E-state index in [0.717, 1.165) is 18.5 Å². The molecule has 11 heteroatoms. The Morgan fingerprint density at radius 2 is 1.82 bits per heavy atom. The first-order chi connectivity index (χ1) is 15.7. The second-order valence-corrected chi connectivity index (χ2v) is 14.5. The summed E-state index contributed by atoms with van der Waals surface area (Å²) in [4.78, 5) is 4.48. The van der Waals surface area contributed by atoms with Gasteiger partial charge in [-0.1, -0.05) is 6.07 Å². The average Bonchev–Trinajstić information content (AvgIpc) is 3.47. The first-order valence-corrected chi connectivity index (χ1v) is 15.4. The molecule has 2 saturated heterocycles. The van der Waals surface area contributed by atoms with Gasteiger partial charge in [0.25, 0.3) is 10.0 Å². The van der Waals surface area contributed by atoms with Crippen LogP contribution in [0, 0.1) is 5.92 Å². The van der Waals surface area contributed by atoms with E-state index in [1.807, 2.05) is 12.1 Å². The summed E-state index contributed by atoms with van der Waals surface area (Å²) in [5.74, 6) is 0.946. The lowest BCUT2D eigenvalue weighted by atomic mass is 10.1. The third-order valence-electron chi connectivity index (χ3n) is 6.91. The molecule has 33 heavy (non-hydrogen) atoms. The maximum absolute atomic E-state index is 13.2. The Bertz CT molecular complexity index is 1180. The van der Waals surface area contributed by atoms with Crippen molar-refractivity contribution in [3.8, 4) is 5.75 Å². The van der Waals surface area contributed by atoms with Gasteiger partial charge in [0.05, 0.1) is 17.5 Å². The van der Waals surface area contributed by atoms with Crippen LogP contribution in [0.2, 0.25) is 0 Å². The van der Waals surface area contributed by atoms with Crippen molar-refractivity contribution in [3.63, 3.8) is 0 Å². The highest BCUT2D eigenvalue weighted by Gasteiger charge is 2.43. The van der Waals surface area contributed by atoms with Crippen LogP contribution >= 0.6 is 11.3 Å². The van der Waals surface area contributed by atoms with Gasteiger partial charge in [-0.15, -0.1) is 11.3 Å². The zero-order valence-corrected chi connectivity index (χ0v) is 20.7. The predicted molar refractivity (Wildman–Crippen MR) is 129 cm³/mol. The van der Waals surface area contributed by atoms with Gasteiger partial charge in [0.1, 0.15) is 9.96 Å². The zero-order chi connectivity index (χ0) is 23.2. The van der Waals surface area contributed by atoms with Gasteiger partial charge in [-0.3, -0.25) is 4.90 Å². The molecule has 2 aromatic rings. The molecule has 5 rings (SSSR count). The second-order valence-electron chi connectivity index (χ2n) is 9.17. The zero-order valence-electron chi connectivity index (χ0n) is 18.3. The van der Waals surface area contributed by atoms with Crippen LogP contribution in [-0.4, -0.2) is 87.5 Å². The minimum atomic E-state index is -3.57. The van der Waals surface area contributed by atoms with Gasteiger partial charge < -0.3 is 10.0 Å². The molecule has 3 heterocycles. The van der Waals surface area contributed by atoms with E-state index in [4.69, 9.17) is 0 Å². The highest BCUT2D eigenvalue weighted by atomic mass is 32.2. The molecule has 2 aliphatic heterocycles. The van der Waals surface area contributed by atoms with E-state index >= 15 is 0 Å². The lowest BCUT2D eigenvalue weighted by Crippen LogP contribution is -2.61. The fraction of sp³-hybridized carbons (Fsp3) is 0.545. The second kappa shape index (κ2) is 8.84. The summed E-state index contributed by atoms with van der Waals surface area (Å²) in [6.45, 7) is 2.33. The number of aromatic hydroxyl groups is 1. The van der Waals surface area contributed by atoms with Gasteiger partial charge in [0.15, 0.2) is 9.84 Å². The van der Waals surface area contributed by atoms with Gasteiger partial charge in [-0.25, -0.2) is 16.8 Å². The Kier molecular flexibility index (Phi) is 6.19. The molecule has 0 radical (unpaired) electrons. The van der Waals surface area contributed by atoms with Crippen LogP contribution in [0.1, 0.15) is 12.8 Å². The summed E-state index contributed by atoms with van der Waals surface area (Å²) < 4.78 is 53.0. The molecule has 1 aliphatic carbocycles. The van der Waals surface area contributed by atoms with Gasteiger partial charge in [0.2, 0.25) is 0 Å². The van der Waals surface area contributed by atoms with Crippen LogP contribution in [0.15, 0.2) is 46.0 Å². The highest BCUT2D eigenvalue weighted by Crippen LogP contribution is 2.38. The van der Waals surface area contributed by atoms with Gasteiger partial charge in [-0.2, -0.15) is 4.31 Å². The molecule has 180 valence electrons. The number of benzene rings is 1. The lowest BCUT2D eigenvalue weighted by Gasteiger charge is -2.46. The molecule has 1 aromatic heterocycles.